The van der Waals surface area contributed by atoms with Gasteiger partial charge in [-0.05, 0) is 29.8 Å². The van der Waals surface area contributed by atoms with Crippen molar-refractivity contribution in [3.8, 4) is 17.5 Å². The van der Waals surface area contributed by atoms with Crippen LogP contribution in [0.25, 0.3) is 11.5 Å². The van der Waals surface area contributed by atoms with E-state index in [1.54, 1.807) is 12.1 Å². The fraction of sp³-hybridized carbons (Fsp3) is 0.158. The molecule has 8 heteroatoms. The van der Waals surface area contributed by atoms with Gasteiger partial charge in [0.05, 0.1) is 4.90 Å². The minimum atomic E-state index is -3.51. The van der Waals surface area contributed by atoms with Crippen molar-refractivity contribution in [2.75, 3.05) is 19.4 Å². The average molecular weight is 382 g/mol. The summed E-state index contributed by atoms with van der Waals surface area (Å²) >= 11 is 0. The molecule has 0 aliphatic heterocycles. The van der Waals surface area contributed by atoms with Crippen LogP contribution in [0.4, 0.5) is 5.88 Å². The van der Waals surface area contributed by atoms with E-state index in [9.17, 15) is 13.7 Å². The predicted molar refractivity (Wildman–Crippen MR) is 101 cm³/mol. The first-order valence-electron chi connectivity index (χ1n) is 8.13. The molecule has 0 unspecified atom stereocenters. The Morgan fingerprint density at radius 3 is 2.37 bits per heavy atom. The van der Waals surface area contributed by atoms with Crippen molar-refractivity contribution in [1.29, 1.82) is 5.26 Å². The van der Waals surface area contributed by atoms with Crippen LogP contribution < -0.4 is 5.32 Å². The van der Waals surface area contributed by atoms with Gasteiger partial charge in [-0.3, -0.25) is 0 Å². The van der Waals surface area contributed by atoms with Crippen LogP contribution in [-0.2, 0) is 16.6 Å². The molecule has 1 N–H and O–H groups in total. The van der Waals surface area contributed by atoms with E-state index in [0.717, 1.165) is 9.87 Å². The Morgan fingerprint density at radius 1 is 1.11 bits per heavy atom. The fourth-order valence-electron chi connectivity index (χ4n) is 2.40. The monoisotopic (exact) mass is 382 g/mol. The number of anilines is 1. The molecule has 0 atom stereocenters. The summed E-state index contributed by atoms with van der Waals surface area (Å²) in [6, 6.07) is 17.9. The average Bonchev–Trinajstić information content (AvgIpc) is 3.10. The van der Waals surface area contributed by atoms with E-state index in [0.29, 0.717) is 12.1 Å². The quantitative estimate of drug-likeness (QED) is 0.703. The highest BCUT2D eigenvalue weighted by Gasteiger charge is 2.18. The van der Waals surface area contributed by atoms with E-state index in [2.05, 4.69) is 10.3 Å². The van der Waals surface area contributed by atoms with Gasteiger partial charge in [0.1, 0.15) is 6.07 Å². The zero-order valence-electron chi connectivity index (χ0n) is 14.9. The summed E-state index contributed by atoms with van der Waals surface area (Å²) in [5.74, 6) is 0.525. The highest BCUT2D eigenvalue weighted by atomic mass is 32.2. The molecule has 0 saturated carbocycles. The Kier molecular flexibility index (Phi) is 5.26. The van der Waals surface area contributed by atoms with Crippen molar-refractivity contribution < 1.29 is 12.8 Å². The molecule has 1 heterocycles. The fourth-order valence-corrected chi connectivity index (χ4v) is 3.30. The Morgan fingerprint density at radius 2 is 1.78 bits per heavy atom. The summed E-state index contributed by atoms with van der Waals surface area (Å²) < 4.78 is 31.1. The highest BCUT2D eigenvalue weighted by Crippen LogP contribution is 2.27. The first-order valence-corrected chi connectivity index (χ1v) is 9.57. The first-order chi connectivity index (χ1) is 12.9. The number of nitriles is 1. The van der Waals surface area contributed by atoms with Crippen LogP contribution in [0, 0.1) is 11.3 Å². The second kappa shape index (κ2) is 7.61. The van der Waals surface area contributed by atoms with Crippen molar-refractivity contribution in [1.82, 2.24) is 9.29 Å². The van der Waals surface area contributed by atoms with Crippen LogP contribution in [0.5, 0.6) is 0 Å². The van der Waals surface area contributed by atoms with E-state index in [-0.39, 0.29) is 22.4 Å². The van der Waals surface area contributed by atoms with Gasteiger partial charge in [-0.15, -0.1) is 0 Å². The van der Waals surface area contributed by atoms with Crippen molar-refractivity contribution in [3.63, 3.8) is 0 Å². The molecule has 0 fully saturated rings. The third-order valence-electron chi connectivity index (χ3n) is 3.91. The molecule has 0 bridgehead atoms. The van der Waals surface area contributed by atoms with Gasteiger partial charge in [0.25, 0.3) is 0 Å². The minimum Gasteiger partial charge on any atom is -0.419 e. The van der Waals surface area contributed by atoms with Crippen LogP contribution in [0.2, 0.25) is 0 Å². The Labute approximate surface area is 157 Å². The molecule has 138 valence electrons. The van der Waals surface area contributed by atoms with E-state index >= 15 is 0 Å². The number of benzene rings is 2. The number of aromatic nitrogens is 1. The van der Waals surface area contributed by atoms with Crippen molar-refractivity contribution in [2.45, 2.75) is 11.4 Å². The number of oxazole rings is 1. The van der Waals surface area contributed by atoms with Crippen LogP contribution >= 0.6 is 0 Å². The zero-order chi connectivity index (χ0) is 19.4. The molecule has 27 heavy (non-hydrogen) atoms. The molecule has 3 rings (SSSR count). The third kappa shape index (κ3) is 4.00. The predicted octanol–water partition coefficient (Wildman–Crippen LogP) is 3.08. The number of nitrogens with one attached hydrogen (secondary N) is 1. The molecule has 7 nitrogen and oxygen atoms in total. The largest absolute Gasteiger partial charge is 0.419 e. The summed E-state index contributed by atoms with van der Waals surface area (Å²) in [5.41, 5.74) is 1.76. The van der Waals surface area contributed by atoms with E-state index in [4.69, 9.17) is 4.42 Å². The second-order valence-corrected chi connectivity index (χ2v) is 8.11. The number of rotatable bonds is 6. The van der Waals surface area contributed by atoms with E-state index in [1.807, 2.05) is 36.4 Å². The lowest BCUT2D eigenvalue weighted by molar-refractivity contribution is 0.520. The third-order valence-corrected chi connectivity index (χ3v) is 5.74. The molecule has 1 aromatic heterocycles. The topological polar surface area (TPSA) is 99.2 Å². The van der Waals surface area contributed by atoms with Gasteiger partial charge in [-0.1, -0.05) is 30.3 Å². The van der Waals surface area contributed by atoms with Crippen molar-refractivity contribution in [2.24, 2.45) is 0 Å². The van der Waals surface area contributed by atoms with Gasteiger partial charge < -0.3 is 9.73 Å². The molecule has 0 radical (unpaired) electrons. The maximum absolute atomic E-state index is 12.1. The molecule has 0 amide bonds. The minimum absolute atomic E-state index is 0.144. The molecule has 0 aliphatic rings. The van der Waals surface area contributed by atoms with Crippen LogP contribution in [0.3, 0.4) is 0 Å². The second-order valence-electron chi connectivity index (χ2n) is 5.96. The van der Waals surface area contributed by atoms with Gasteiger partial charge >= 0.3 is 0 Å². The molecule has 0 saturated heterocycles. The van der Waals surface area contributed by atoms with Gasteiger partial charge in [0.15, 0.2) is 0 Å². The maximum atomic E-state index is 12.1. The lowest BCUT2D eigenvalue weighted by Gasteiger charge is -2.11. The standard InChI is InChI=1S/C19H18N4O3S/c1-23(2)27(24,25)16-10-8-15(9-11-16)18-22-17(12-20)19(26-18)21-13-14-6-4-3-5-7-14/h3-11,21H,13H2,1-2H3. The summed E-state index contributed by atoms with van der Waals surface area (Å²) in [4.78, 5) is 4.36. The number of hydrogen-bond donors (Lipinski definition) is 1. The van der Waals surface area contributed by atoms with Crippen molar-refractivity contribution in [3.05, 3.63) is 65.9 Å². The molecule has 2 aromatic carbocycles. The van der Waals surface area contributed by atoms with Gasteiger partial charge in [-0.2, -0.15) is 10.2 Å². The smallest absolute Gasteiger partial charge is 0.242 e. The normalized spacial score (nSPS) is 11.3. The molecule has 0 aliphatic carbocycles. The van der Waals surface area contributed by atoms with E-state index < -0.39 is 10.0 Å². The number of nitrogens with zero attached hydrogens (tertiary/aromatic N) is 3. The molecular weight excluding hydrogens is 364 g/mol. The first kappa shape index (κ1) is 18.6. The number of sulfonamides is 1. The summed E-state index contributed by atoms with van der Waals surface area (Å²) in [5, 5.41) is 12.4. The maximum Gasteiger partial charge on any atom is 0.242 e. The SMILES string of the molecule is CN(C)S(=O)(=O)c1ccc(-c2nc(C#N)c(NCc3ccccc3)o2)cc1. The summed E-state index contributed by atoms with van der Waals surface area (Å²) in [7, 11) is -0.558. The summed E-state index contributed by atoms with van der Waals surface area (Å²) in [6.07, 6.45) is 0. The van der Waals surface area contributed by atoms with Crippen LogP contribution in [0.15, 0.2) is 63.9 Å². The molecular formula is C19H18N4O3S. The number of hydrogen-bond acceptors (Lipinski definition) is 6. The van der Waals surface area contributed by atoms with Gasteiger partial charge in [0.2, 0.25) is 27.5 Å². The zero-order valence-corrected chi connectivity index (χ0v) is 15.7. The van der Waals surface area contributed by atoms with Gasteiger partial charge in [0, 0.05) is 26.2 Å². The van der Waals surface area contributed by atoms with Crippen molar-refractivity contribution >= 4 is 15.9 Å². The van der Waals surface area contributed by atoms with Gasteiger partial charge in [-0.25, -0.2) is 12.7 Å². The lowest BCUT2D eigenvalue weighted by atomic mass is 10.2. The molecule has 0 spiro atoms. The summed E-state index contributed by atoms with van der Waals surface area (Å²) in [6.45, 7) is 0.490. The Hall–Kier alpha value is -3.15. The Balaban J connectivity index is 1.83. The molecule has 3 aromatic rings. The van der Waals surface area contributed by atoms with E-state index in [1.165, 1.54) is 26.2 Å². The lowest BCUT2D eigenvalue weighted by Crippen LogP contribution is -2.22. The van der Waals surface area contributed by atoms with Crippen LogP contribution in [0.1, 0.15) is 11.3 Å². The van der Waals surface area contributed by atoms with Crippen LogP contribution in [-0.4, -0.2) is 31.8 Å². The highest BCUT2D eigenvalue weighted by molar-refractivity contribution is 7.89. The Bertz CT molecular complexity index is 1070.